The SMILES string of the molecule is CC(C)(CCN1CCOCC1)C(=O)OCCN(O)NC(Cc1ccccc1)C(=O)S. The van der Waals surface area contributed by atoms with Gasteiger partial charge in [0.15, 0.2) is 0 Å². The quantitative estimate of drug-likeness (QED) is 0.257. The molecule has 0 saturated carbocycles. The van der Waals surface area contributed by atoms with E-state index in [9.17, 15) is 14.8 Å². The molecule has 2 N–H and O–H groups in total. The third-order valence-electron chi connectivity index (χ3n) is 5.13. The number of hydrogen-bond acceptors (Lipinski definition) is 8. The van der Waals surface area contributed by atoms with Crippen LogP contribution in [0.4, 0.5) is 0 Å². The number of nitrogens with one attached hydrogen (secondary N) is 1. The van der Waals surface area contributed by atoms with Gasteiger partial charge in [-0.2, -0.15) is 0 Å². The van der Waals surface area contributed by atoms with Crippen molar-refractivity contribution in [3.05, 3.63) is 35.9 Å². The van der Waals surface area contributed by atoms with Crippen molar-refractivity contribution < 1.29 is 24.3 Å². The maximum Gasteiger partial charge on any atom is 0.311 e. The average Bonchev–Trinajstić information content (AvgIpc) is 2.73. The number of esters is 1. The highest BCUT2D eigenvalue weighted by Crippen LogP contribution is 2.23. The lowest BCUT2D eigenvalue weighted by atomic mass is 9.89. The minimum atomic E-state index is -0.693. The summed E-state index contributed by atoms with van der Waals surface area (Å²) in [5.74, 6) is -0.310. The fourth-order valence-corrected chi connectivity index (χ4v) is 3.22. The van der Waals surface area contributed by atoms with Crippen LogP contribution in [0.25, 0.3) is 0 Å². The first-order valence-electron chi connectivity index (χ1n) is 10.2. The molecule has 1 aromatic carbocycles. The van der Waals surface area contributed by atoms with Crippen molar-refractivity contribution in [2.24, 2.45) is 5.41 Å². The summed E-state index contributed by atoms with van der Waals surface area (Å²) in [6.45, 7) is 7.77. The van der Waals surface area contributed by atoms with Crippen LogP contribution < -0.4 is 5.43 Å². The van der Waals surface area contributed by atoms with Gasteiger partial charge in [-0.25, -0.2) is 5.43 Å². The molecule has 2 rings (SSSR count). The molecule has 1 atom stereocenters. The van der Waals surface area contributed by atoms with E-state index >= 15 is 0 Å². The average molecular weight is 440 g/mol. The normalized spacial score (nSPS) is 16.4. The molecule has 1 fully saturated rings. The Kier molecular flexibility index (Phi) is 10.2. The van der Waals surface area contributed by atoms with E-state index in [0.29, 0.717) is 12.8 Å². The molecule has 1 aliphatic rings. The standard InChI is InChI=1S/C21H33N3O5S/c1-21(2,8-9-23-10-13-28-14-11-23)20(26)29-15-12-24(27)22-18(19(25)30)16-17-6-4-3-5-7-17/h3-7,18,22,27H,8-16H2,1-2H3,(H,25,30). The molecular weight excluding hydrogens is 406 g/mol. The van der Waals surface area contributed by atoms with E-state index in [1.165, 1.54) is 0 Å². The zero-order valence-electron chi connectivity index (χ0n) is 17.7. The highest BCUT2D eigenvalue weighted by atomic mass is 32.1. The van der Waals surface area contributed by atoms with Crippen molar-refractivity contribution in [2.45, 2.75) is 32.7 Å². The first-order chi connectivity index (χ1) is 14.3. The predicted octanol–water partition coefficient (Wildman–Crippen LogP) is 1.54. The van der Waals surface area contributed by atoms with Gasteiger partial charge in [-0.15, -0.1) is 17.8 Å². The second-order valence-electron chi connectivity index (χ2n) is 8.06. The lowest BCUT2D eigenvalue weighted by Crippen LogP contribution is -2.48. The van der Waals surface area contributed by atoms with Gasteiger partial charge in [0.1, 0.15) is 6.61 Å². The molecule has 168 valence electrons. The third-order valence-corrected chi connectivity index (χ3v) is 5.44. The maximum atomic E-state index is 12.4. The second-order valence-corrected chi connectivity index (χ2v) is 8.50. The number of benzene rings is 1. The molecule has 0 amide bonds. The van der Waals surface area contributed by atoms with Crippen molar-refractivity contribution >= 4 is 23.7 Å². The zero-order chi connectivity index (χ0) is 22.0. The van der Waals surface area contributed by atoms with Crippen molar-refractivity contribution in [3.8, 4) is 0 Å². The number of thiol groups is 1. The third kappa shape index (κ3) is 8.71. The van der Waals surface area contributed by atoms with Gasteiger partial charge in [-0.05, 0) is 38.8 Å². The van der Waals surface area contributed by atoms with Crippen LogP contribution in [0.1, 0.15) is 25.8 Å². The fourth-order valence-electron chi connectivity index (χ4n) is 3.07. The van der Waals surface area contributed by atoms with E-state index < -0.39 is 11.5 Å². The number of rotatable bonds is 12. The molecule has 0 radical (unpaired) electrons. The largest absolute Gasteiger partial charge is 0.464 e. The summed E-state index contributed by atoms with van der Waals surface area (Å²) in [6.07, 6.45) is 1.06. The van der Waals surface area contributed by atoms with Crippen LogP contribution >= 0.6 is 12.6 Å². The van der Waals surface area contributed by atoms with Crippen molar-refractivity contribution in [3.63, 3.8) is 0 Å². The minimum Gasteiger partial charge on any atom is -0.464 e. The Morgan fingerprint density at radius 3 is 2.60 bits per heavy atom. The van der Waals surface area contributed by atoms with E-state index in [0.717, 1.165) is 43.6 Å². The molecule has 1 saturated heterocycles. The Balaban J connectivity index is 1.71. The lowest BCUT2D eigenvalue weighted by Gasteiger charge is -2.30. The number of carbonyl (C=O) groups excluding carboxylic acids is 2. The van der Waals surface area contributed by atoms with Gasteiger partial charge in [0.05, 0.1) is 31.2 Å². The number of hydrazine groups is 1. The van der Waals surface area contributed by atoms with E-state index in [2.05, 4.69) is 23.0 Å². The Hall–Kier alpha value is -1.49. The highest BCUT2D eigenvalue weighted by Gasteiger charge is 2.30. The van der Waals surface area contributed by atoms with Gasteiger partial charge >= 0.3 is 5.97 Å². The van der Waals surface area contributed by atoms with Gasteiger partial charge in [0.25, 0.3) is 0 Å². The Morgan fingerprint density at radius 1 is 1.30 bits per heavy atom. The molecule has 1 unspecified atom stereocenters. The van der Waals surface area contributed by atoms with Crippen LogP contribution in [-0.2, 0) is 25.5 Å². The second kappa shape index (κ2) is 12.4. The van der Waals surface area contributed by atoms with Crippen molar-refractivity contribution in [1.29, 1.82) is 0 Å². The van der Waals surface area contributed by atoms with Crippen LogP contribution in [0, 0.1) is 5.41 Å². The van der Waals surface area contributed by atoms with E-state index in [4.69, 9.17) is 9.47 Å². The van der Waals surface area contributed by atoms with Crippen molar-refractivity contribution in [1.82, 2.24) is 15.5 Å². The summed E-state index contributed by atoms with van der Waals surface area (Å²) in [6, 6.07) is 8.76. The monoisotopic (exact) mass is 439 g/mol. The van der Waals surface area contributed by atoms with Crippen LogP contribution in [0.3, 0.4) is 0 Å². The molecule has 1 heterocycles. The maximum absolute atomic E-state index is 12.4. The Morgan fingerprint density at radius 2 is 1.97 bits per heavy atom. The fraction of sp³-hybridized carbons (Fsp3) is 0.619. The summed E-state index contributed by atoms with van der Waals surface area (Å²) >= 11 is 3.89. The molecule has 30 heavy (non-hydrogen) atoms. The first kappa shape index (κ1) is 24.8. The van der Waals surface area contributed by atoms with Crippen LogP contribution in [0.15, 0.2) is 30.3 Å². The predicted molar refractivity (Wildman–Crippen MR) is 116 cm³/mol. The number of carbonyl (C=O) groups is 2. The molecular formula is C21H33N3O5S. The minimum absolute atomic E-state index is 0.00212. The van der Waals surface area contributed by atoms with Gasteiger partial charge < -0.3 is 9.47 Å². The number of hydrogen-bond donors (Lipinski definition) is 3. The lowest BCUT2D eigenvalue weighted by molar-refractivity contribution is -0.171. The number of nitrogens with zero attached hydrogens (tertiary/aromatic N) is 2. The van der Waals surface area contributed by atoms with E-state index in [1.54, 1.807) is 0 Å². The van der Waals surface area contributed by atoms with Gasteiger partial charge in [0.2, 0.25) is 5.12 Å². The van der Waals surface area contributed by atoms with Gasteiger partial charge in [0, 0.05) is 13.1 Å². The highest BCUT2D eigenvalue weighted by molar-refractivity contribution is 7.96. The summed E-state index contributed by atoms with van der Waals surface area (Å²) in [4.78, 5) is 26.5. The van der Waals surface area contributed by atoms with Gasteiger partial charge in [-0.1, -0.05) is 30.3 Å². The summed E-state index contributed by atoms with van der Waals surface area (Å²) in [7, 11) is 0. The molecule has 0 aliphatic carbocycles. The van der Waals surface area contributed by atoms with Crippen LogP contribution in [0.5, 0.6) is 0 Å². The smallest absolute Gasteiger partial charge is 0.311 e. The molecule has 1 aliphatic heterocycles. The topological polar surface area (TPSA) is 91.3 Å². The molecule has 1 aromatic rings. The summed E-state index contributed by atoms with van der Waals surface area (Å²) < 4.78 is 10.7. The number of hydroxylamine groups is 1. The van der Waals surface area contributed by atoms with Crippen molar-refractivity contribution in [2.75, 3.05) is 46.0 Å². The molecule has 0 aromatic heterocycles. The number of ether oxygens (including phenoxy) is 2. The Labute approximate surface area is 183 Å². The van der Waals surface area contributed by atoms with Gasteiger partial charge in [-0.3, -0.25) is 19.7 Å². The Bertz CT molecular complexity index is 668. The first-order valence-corrected chi connectivity index (χ1v) is 10.7. The molecule has 0 bridgehead atoms. The summed E-state index contributed by atoms with van der Waals surface area (Å²) in [5.41, 5.74) is 3.02. The molecule has 8 nitrogen and oxygen atoms in total. The number of morpholine rings is 1. The molecule has 9 heteroatoms. The van der Waals surface area contributed by atoms with Crippen LogP contribution in [0.2, 0.25) is 0 Å². The molecule has 0 spiro atoms. The summed E-state index contributed by atoms with van der Waals surface area (Å²) in [5, 5.41) is 10.4. The zero-order valence-corrected chi connectivity index (χ0v) is 18.6. The van der Waals surface area contributed by atoms with E-state index in [-0.39, 0.29) is 24.2 Å². The van der Waals surface area contributed by atoms with E-state index in [1.807, 2.05) is 44.2 Å². The van der Waals surface area contributed by atoms with Crippen LogP contribution in [-0.4, -0.2) is 78.4 Å².